The Morgan fingerprint density at radius 2 is 1.89 bits per heavy atom. The lowest BCUT2D eigenvalue weighted by molar-refractivity contribution is -0.384. The Kier molecular flexibility index (Phi) is 3.33. The zero-order chi connectivity index (χ0) is 14.0. The predicted molar refractivity (Wildman–Crippen MR) is 71.0 cm³/mol. The molecule has 0 fully saturated rings. The van der Waals surface area contributed by atoms with E-state index < -0.39 is 4.92 Å². The third-order valence-electron chi connectivity index (χ3n) is 2.72. The summed E-state index contributed by atoms with van der Waals surface area (Å²) in [5, 5.41) is 17.6. The smallest absolute Gasteiger partial charge is 0.263 e. The van der Waals surface area contributed by atoms with Crippen LogP contribution in [0.15, 0.2) is 24.3 Å². The highest BCUT2D eigenvalue weighted by molar-refractivity contribution is 5.33. The maximum atomic E-state index is 10.6. The lowest BCUT2D eigenvalue weighted by Gasteiger charge is -2.11. The van der Waals surface area contributed by atoms with Crippen molar-refractivity contribution in [3.8, 4) is 0 Å². The summed E-state index contributed by atoms with van der Waals surface area (Å²) in [5.41, 5.74) is 0.962. The maximum Gasteiger partial charge on any atom is 0.269 e. The molecule has 100 valence electrons. The largest absolute Gasteiger partial charge is 0.269 e. The van der Waals surface area contributed by atoms with Crippen LogP contribution in [0.2, 0.25) is 0 Å². The second kappa shape index (κ2) is 4.79. The number of aromatic nitrogens is 3. The van der Waals surface area contributed by atoms with Gasteiger partial charge in [0.15, 0.2) is 5.82 Å². The second-order valence-electron chi connectivity index (χ2n) is 5.46. The molecular formula is C13H16N4O2. The van der Waals surface area contributed by atoms with Crippen molar-refractivity contribution in [1.82, 2.24) is 15.2 Å². The van der Waals surface area contributed by atoms with Crippen LogP contribution in [0, 0.1) is 10.1 Å². The van der Waals surface area contributed by atoms with Crippen LogP contribution in [0.1, 0.15) is 38.0 Å². The molecule has 0 aliphatic heterocycles. The number of non-ortho nitro benzene ring substituents is 1. The number of aromatic amines is 1. The molecule has 0 aliphatic carbocycles. The first-order chi connectivity index (χ1) is 8.86. The summed E-state index contributed by atoms with van der Waals surface area (Å²) in [7, 11) is 0. The number of rotatable bonds is 3. The number of nitrogens with one attached hydrogen (secondary N) is 1. The van der Waals surface area contributed by atoms with Crippen molar-refractivity contribution in [2.45, 2.75) is 32.6 Å². The molecule has 0 atom stereocenters. The second-order valence-corrected chi connectivity index (χ2v) is 5.46. The number of hydrogen-bond acceptors (Lipinski definition) is 4. The summed E-state index contributed by atoms with van der Waals surface area (Å²) < 4.78 is 0. The predicted octanol–water partition coefficient (Wildman–Crippen LogP) is 2.60. The molecule has 1 N–H and O–H groups in total. The molecule has 6 nitrogen and oxygen atoms in total. The molecule has 0 unspecified atom stereocenters. The van der Waals surface area contributed by atoms with E-state index in [1.54, 1.807) is 12.1 Å². The zero-order valence-electron chi connectivity index (χ0n) is 11.2. The number of nitro groups is 1. The number of nitro benzene ring substituents is 1. The molecule has 0 saturated carbocycles. The zero-order valence-corrected chi connectivity index (χ0v) is 11.2. The molecule has 1 aromatic carbocycles. The monoisotopic (exact) mass is 260 g/mol. The van der Waals surface area contributed by atoms with Gasteiger partial charge in [0.05, 0.1) is 4.92 Å². The fourth-order valence-electron chi connectivity index (χ4n) is 1.64. The summed E-state index contributed by atoms with van der Waals surface area (Å²) in [6.07, 6.45) is 0.584. The molecule has 0 spiro atoms. The van der Waals surface area contributed by atoms with E-state index in [0.29, 0.717) is 6.42 Å². The highest BCUT2D eigenvalue weighted by atomic mass is 16.6. The van der Waals surface area contributed by atoms with Crippen LogP contribution in [0.25, 0.3) is 0 Å². The molecule has 2 rings (SSSR count). The van der Waals surface area contributed by atoms with Crippen molar-refractivity contribution in [3.05, 3.63) is 51.6 Å². The first kappa shape index (κ1) is 13.2. The van der Waals surface area contributed by atoms with Gasteiger partial charge in [0, 0.05) is 24.0 Å². The third kappa shape index (κ3) is 3.15. The summed E-state index contributed by atoms with van der Waals surface area (Å²) in [4.78, 5) is 14.6. The number of nitrogens with zero attached hydrogens (tertiary/aromatic N) is 3. The van der Waals surface area contributed by atoms with Crippen LogP contribution in [0.3, 0.4) is 0 Å². The fraction of sp³-hybridized carbons (Fsp3) is 0.385. The minimum Gasteiger partial charge on any atom is -0.263 e. The Bertz CT molecular complexity index is 581. The molecule has 0 aliphatic rings. The summed E-state index contributed by atoms with van der Waals surface area (Å²) in [6.45, 7) is 6.14. The number of benzene rings is 1. The van der Waals surface area contributed by atoms with E-state index in [4.69, 9.17) is 0 Å². The Balaban J connectivity index is 2.13. The Morgan fingerprint density at radius 3 is 2.37 bits per heavy atom. The van der Waals surface area contributed by atoms with Crippen LogP contribution in [-0.4, -0.2) is 20.1 Å². The third-order valence-corrected chi connectivity index (χ3v) is 2.72. The van der Waals surface area contributed by atoms with Crippen LogP contribution in [0.5, 0.6) is 0 Å². The van der Waals surface area contributed by atoms with E-state index in [9.17, 15) is 10.1 Å². The number of hydrogen-bond donors (Lipinski definition) is 1. The van der Waals surface area contributed by atoms with E-state index in [1.807, 2.05) is 20.8 Å². The first-order valence-corrected chi connectivity index (χ1v) is 6.01. The van der Waals surface area contributed by atoms with Crippen LogP contribution in [-0.2, 0) is 11.8 Å². The minimum absolute atomic E-state index is 0.0930. The molecule has 1 heterocycles. The molecule has 0 amide bonds. The van der Waals surface area contributed by atoms with E-state index in [0.717, 1.165) is 17.2 Å². The SMILES string of the molecule is CC(C)(C)c1n[nH]c(Cc2ccc([N+](=O)[O-])cc2)n1. The van der Waals surface area contributed by atoms with Crippen molar-refractivity contribution in [1.29, 1.82) is 0 Å². The van der Waals surface area contributed by atoms with Gasteiger partial charge in [-0.2, -0.15) is 5.10 Å². The minimum atomic E-state index is -0.407. The van der Waals surface area contributed by atoms with Gasteiger partial charge in [-0.05, 0) is 5.56 Å². The van der Waals surface area contributed by atoms with E-state index >= 15 is 0 Å². The van der Waals surface area contributed by atoms with E-state index in [2.05, 4.69) is 15.2 Å². The molecule has 19 heavy (non-hydrogen) atoms. The molecule has 2 aromatic rings. The lowest BCUT2D eigenvalue weighted by atomic mass is 9.96. The average Bonchev–Trinajstić information content (AvgIpc) is 2.78. The van der Waals surface area contributed by atoms with Crippen molar-refractivity contribution in [2.75, 3.05) is 0 Å². The highest BCUT2D eigenvalue weighted by Gasteiger charge is 2.19. The average molecular weight is 260 g/mol. The Morgan fingerprint density at radius 1 is 1.26 bits per heavy atom. The molecule has 6 heteroatoms. The molecule has 0 bridgehead atoms. The van der Waals surface area contributed by atoms with Gasteiger partial charge < -0.3 is 0 Å². The van der Waals surface area contributed by atoms with Gasteiger partial charge in [0.2, 0.25) is 0 Å². The van der Waals surface area contributed by atoms with Gasteiger partial charge in [0.1, 0.15) is 5.82 Å². The van der Waals surface area contributed by atoms with Crippen molar-refractivity contribution in [3.63, 3.8) is 0 Å². The fourth-order valence-corrected chi connectivity index (χ4v) is 1.64. The Labute approximate surface area is 111 Å². The quantitative estimate of drug-likeness (QED) is 0.679. The van der Waals surface area contributed by atoms with Gasteiger partial charge >= 0.3 is 0 Å². The first-order valence-electron chi connectivity index (χ1n) is 6.01. The van der Waals surface area contributed by atoms with Crippen LogP contribution < -0.4 is 0 Å². The van der Waals surface area contributed by atoms with E-state index in [-0.39, 0.29) is 11.1 Å². The van der Waals surface area contributed by atoms with Gasteiger partial charge in [-0.15, -0.1) is 0 Å². The molecular weight excluding hydrogens is 244 g/mol. The van der Waals surface area contributed by atoms with Crippen molar-refractivity contribution in [2.24, 2.45) is 0 Å². The van der Waals surface area contributed by atoms with E-state index in [1.165, 1.54) is 12.1 Å². The summed E-state index contributed by atoms with van der Waals surface area (Å²) in [5.74, 6) is 1.53. The Hall–Kier alpha value is -2.24. The summed E-state index contributed by atoms with van der Waals surface area (Å²) >= 11 is 0. The van der Waals surface area contributed by atoms with Gasteiger partial charge in [-0.1, -0.05) is 32.9 Å². The number of H-pyrrole nitrogens is 1. The molecule has 0 saturated heterocycles. The standard InChI is InChI=1S/C13H16N4O2/c1-13(2,3)12-14-11(15-16-12)8-9-4-6-10(7-5-9)17(18)19/h4-7H,8H2,1-3H3,(H,14,15,16). The van der Waals surface area contributed by atoms with Crippen molar-refractivity contribution >= 4 is 5.69 Å². The van der Waals surface area contributed by atoms with Gasteiger partial charge in [-0.25, -0.2) is 4.98 Å². The molecule has 0 radical (unpaired) electrons. The van der Waals surface area contributed by atoms with Crippen LogP contribution >= 0.6 is 0 Å². The van der Waals surface area contributed by atoms with Crippen molar-refractivity contribution < 1.29 is 4.92 Å². The van der Waals surface area contributed by atoms with Crippen LogP contribution in [0.4, 0.5) is 5.69 Å². The maximum absolute atomic E-state index is 10.6. The molecule has 1 aromatic heterocycles. The topological polar surface area (TPSA) is 84.7 Å². The summed E-state index contributed by atoms with van der Waals surface area (Å²) in [6, 6.07) is 6.46. The van der Waals surface area contributed by atoms with Gasteiger partial charge in [-0.3, -0.25) is 15.2 Å². The normalized spacial score (nSPS) is 11.5. The highest BCUT2D eigenvalue weighted by Crippen LogP contribution is 2.19. The van der Waals surface area contributed by atoms with Gasteiger partial charge in [0.25, 0.3) is 5.69 Å². The lowest BCUT2D eigenvalue weighted by Crippen LogP contribution is -2.13.